The van der Waals surface area contributed by atoms with Gasteiger partial charge in [0.15, 0.2) is 0 Å². The van der Waals surface area contributed by atoms with E-state index in [-0.39, 0.29) is 28.2 Å². The molecular formula is C30H43BN4O5. The van der Waals surface area contributed by atoms with E-state index in [1.165, 1.54) is 0 Å². The molecule has 0 spiro atoms. The number of benzene rings is 1. The molecule has 0 heterocycles. The van der Waals surface area contributed by atoms with Crippen LogP contribution in [0.25, 0.3) is 0 Å². The van der Waals surface area contributed by atoms with Crippen molar-refractivity contribution in [1.29, 1.82) is 0 Å². The van der Waals surface area contributed by atoms with Crippen LogP contribution in [-0.2, 0) is 17.8 Å². The summed E-state index contributed by atoms with van der Waals surface area (Å²) in [5.41, 5.74) is 6.65. The number of fused-ring (bicyclic) bond motifs is 3. The molecule has 1 aromatic rings. The Kier molecular flexibility index (Phi) is 8.11. The van der Waals surface area contributed by atoms with Crippen LogP contribution in [0.4, 0.5) is 5.69 Å². The summed E-state index contributed by atoms with van der Waals surface area (Å²) in [6.45, 7) is 9.17. The summed E-state index contributed by atoms with van der Waals surface area (Å²) in [5.74, 6) is -2.70. The minimum absolute atomic E-state index is 0.141. The van der Waals surface area contributed by atoms with Gasteiger partial charge >= 0.3 is 211 Å². The number of carbonyl (C=O) groups excluding carboxylic acids is 2. The van der Waals surface area contributed by atoms with Crippen molar-refractivity contribution in [2.24, 2.45) is 23.5 Å². The van der Waals surface area contributed by atoms with Crippen LogP contribution in [0.3, 0.4) is 0 Å². The van der Waals surface area contributed by atoms with Crippen molar-refractivity contribution in [3.63, 3.8) is 0 Å². The van der Waals surface area contributed by atoms with Gasteiger partial charge in [0.1, 0.15) is 0 Å². The zero-order chi connectivity index (χ0) is 29.8. The van der Waals surface area contributed by atoms with Crippen LogP contribution in [0.15, 0.2) is 34.8 Å². The van der Waals surface area contributed by atoms with Gasteiger partial charge in [0, 0.05) is 0 Å². The predicted molar refractivity (Wildman–Crippen MR) is 159 cm³/mol. The standard InChI is InChI=1S/C30H43BN4O5/c1-8-35(13-15(2)3)14-16-9-10-18-19(23(16)33(4)5)11-17-12-20-24(34(6)7)26(37)22(29(32)39)27(31)30(20,40)28(38)21(17)25(18)36/h9-10,15,17,20,24,31,37-38,40H,8,11-14H2,1-7H3,(H2,32,39)/t17-,20-,24-,30+/m0/s1. The van der Waals surface area contributed by atoms with Crippen molar-refractivity contribution >= 4 is 30.3 Å². The fourth-order valence-electron chi connectivity index (χ4n) is 7.18. The number of aliphatic hydroxyl groups excluding tert-OH is 2. The minimum atomic E-state index is -2.12. The number of Topliss-reactive ketones (excluding diaryl/α,β-unsaturated/α-hetero) is 1. The Morgan fingerprint density at radius 2 is 1.85 bits per heavy atom. The maximum absolute atomic E-state index is 14.0. The Morgan fingerprint density at radius 3 is 2.38 bits per heavy atom. The Hall–Kier alpha value is -2.95. The summed E-state index contributed by atoms with van der Waals surface area (Å²) in [5, 5.41) is 34.8. The number of hydrogen-bond acceptors (Lipinski definition) is 8. The second-order valence-corrected chi connectivity index (χ2v) is 12.3. The third kappa shape index (κ3) is 4.60. The van der Waals surface area contributed by atoms with E-state index < -0.39 is 35.1 Å². The van der Waals surface area contributed by atoms with E-state index in [0.29, 0.717) is 24.3 Å². The van der Waals surface area contributed by atoms with Gasteiger partial charge in [0.05, 0.1) is 0 Å². The molecule has 1 amide bonds. The van der Waals surface area contributed by atoms with E-state index in [9.17, 15) is 24.9 Å². The molecule has 4 atom stereocenters. The number of allylic oxidation sites excluding steroid dienone is 1. The summed E-state index contributed by atoms with van der Waals surface area (Å²) in [7, 11) is 11.3. The molecule has 0 aliphatic heterocycles. The van der Waals surface area contributed by atoms with Crippen molar-refractivity contribution < 1.29 is 24.9 Å². The first-order valence-electron chi connectivity index (χ1n) is 14.0. The summed E-state index contributed by atoms with van der Waals surface area (Å²) in [6, 6.07) is 3.00. The fraction of sp³-hybridized carbons (Fsp3) is 0.567. The van der Waals surface area contributed by atoms with Crippen molar-refractivity contribution in [3.8, 4) is 0 Å². The van der Waals surface area contributed by atoms with Crippen molar-refractivity contribution in [2.75, 3.05) is 46.2 Å². The summed E-state index contributed by atoms with van der Waals surface area (Å²) >= 11 is 0. The van der Waals surface area contributed by atoms with Gasteiger partial charge in [0.25, 0.3) is 0 Å². The number of rotatable bonds is 8. The quantitative estimate of drug-likeness (QED) is 0.358. The number of hydrogen-bond donors (Lipinski definition) is 4. The second-order valence-electron chi connectivity index (χ2n) is 12.3. The first-order chi connectivity index (χ1) is 18.7. The van der Waals surface area contributed by atoms with Gasteiger partial charge in [-0.2, -0.15) is 0 Å². The molecule has 0 unspecified atom stereocenters. The number of ketones is 1. The molecule has 0 aromatic heterocycles. The van der Waals surface area contributed by atoms with Gasteiger partial charge in [-0.05, 0) is 5.92 Å². The van der Waals surface area contributed by atoms with E-state index in [4.69, 9.17) is 5.73 Å². The molecule has 0 fully saturated rings. The normalized spacial score (nSPS) is 26.4. The van der Waals surface area contributed by atoms with E-state index >= 15 is 0 Å². The number of carbonyl (C=O) groups is 2. The number of aliphatic hydroxyl groups is 3. The molecule has 40 heavy (non-hydrogen) atoms. The second kappa shape index (κ2) is 10.8. The number of nitrogens with two attached hydrogens (primary N) is 1. The van der Waals surface area contributed by atoms with E-state index in [2.05, 4.69) is 38.1 Å². The van der Waals surface area contributed by atoms with Crippen LogP contribution < -0.4 is 10.6 Å². The molecule has 1 aromatic carbocycles. The van der Waals surface area contributed by atoms with Gasteiger partial charge in [-0.25, -0.2) is 0 Å². The number of amides is 1. The molecule has 3 aliphatic carbocycles. The third-order valence-electron chi connectivity index (χ3n) is 8.80. The monoisotopic (exact) mass is 550 g/mol. The van der Waals surface area contributed by atoms with E-state index in [1.807, 2.05) is 26.2 Å². The number of primary amides is 1. The molecule has 0 saturated heterocycles. The molecule has 3 aliphatic rings. The SMILES string of the molecule is B=C1C(C(N)=O)=C(O)[C@@H](N(C)C)[C@@H]2C[C@@H]3Cc4c(ccc(CN(CC)CC(C)C)c4N(C)C)C(=O)C3=C(O)[C@]12O. The first-order valence-corrected chi connectivity index (χ1v) is 14.0. The maximum atomic E-state index is 14.0. The van der Waals surface area contributed by atoms with Gasteiger partial charge in [0.2, 0.25) is 0 Å². The van der Waals surface area contributed by atoms with Crippen LogP contribution in [-0.4, -0.2) is 103 Å². The molecule has 9 nitrogen and oxygen atoms in total. The van der Waals surface area contributed by atoms with Crippen molar-refractivity contribution in [2.45, 2.75) is 51.8 Å². The van der Waals surface area contributed by atoms with Crippen LogP contribution in [0.5, 0.6) is 0 Å². The molecule has 216 valence electrons. The molecule has 0 bridgehead atoms. The van der Waals surface area contributed by atoms with E-state index in [0.717, 1.165) is 36.4 Å². The van der Waals surface area contributed by atoms with E-state index in [1.54, 1.807) is 19.0 Å². The average Bonchev–Trinajstić information content (AvgIpc) is 2.84. The Labute approximate surface area is 238 Å². The molecule has 4 rings (SSSR count). The summed E-state index contributed by atoms with van der Waals surface area (Å²) in [6.07, 6.45) is 0.787. The Bertz CT molecular complexity index is 1320. The third-order valence-corrected chi connectivity index (χ3v) is 8.80. The van der Waals surface area contributed by atoms with Crippen LogP contribution >= 0.6 is 0 Å². The van der Waals surface area contributed by atoms with Gasteiger partial charge < -0.3 is 0 Å². The molecule has 0 radical (unpaired) electrons. The average molecular weight is 551 g/mol. The Balaban J connectivity index is 1.87. The zero-order valence-electron chi connectivity index (χ0n) is 24.8. The molecule has 5 N–H and O–H groups in total. The first kappa shape index (κ1) is 30.0. The van der Waals surface area contributed by atoms with Gasteiger partial charge in [-0.1, -0.05) is 20.8 Å². The number of nitrogens with zero attached hydrogens (tertiary/aromatic N) is 3. The molecule has 10 heteroatoms. The van der Waals surface area contributed by atoms with Crippen LogP contribution in [0.1, 0.15) is 48.7 Å². The van der Waals surface area contributed by atoms with Crippen molar-refractivity contribution in [3.05, 3.63) is 51.5 Å². The number of likely N-dealkylation sites (N-methyl/N-ethyl adjacent to an activating group) is 1. The fourth-order valence-corrected chi connectivity index (χ4v) is 7.18. The summed E-state index contributed by atoms with van der Waals surface area (Å²) in [4.78, 5) is 32.5. The van der Waals surface area contributed by atoms with Gasteiger partial charge in [-0.3, -0.25) is 0 Å². The predicted octanol–water partition coefficient (Wildman–Crippen LogP) is 1.46. The van der Waals surface area contributed by atoms with Crippen LogP contribution in [0, 0.1) is 17.8 Å². The van der Waals surface area contributed by atoms with Gasteiger partial charge in [-0.15, -0.1) is 0 Å². The Morgan fingerprint density at radius 1 is 1.20 bits per heavy atom. The zero-order valence-corrected chi connectivity index (χ0v) is 24.8. The molecular weight excluding hydrogens is 507 g/mol. The topological polar surface area (TPSA) is 131 Å². The van der Waals surface area contributed by atoms with Crippen molar-refractivity contribution in [1.82, 2.24) is 9.80 Å². The van der Waals surface area contributed by atoms with Crippen LogP contribution in [0.2, 0.25) is 0 Å². The molecule has 0 saturated carbocycles. The number of anilines is 1. The summed E-state index contributed by atoms with van der Waals surface area (Å²) < 4.78 is 0.